The second kappa shape index (κ2) is 6.98. The van der Waals surface area contributed by atoms with Crippen molar-refractivity contribution in [2.45, 2.75) is 50.0 Å². The largest absolute Gasteiger partial charge is 0.459 e. The van der Waals surface area contributed by atoms with Crippen LogP contribution in [0.1, 0.15) is 37.0 Å². The van der Waals surface area contributed by atoms with Crippen molar-refractivity contribution in [1.29, 1.82) is 0 Å². The van der Waals surface area contributed by atoms with Gasteiger partial charge < -0.3 is 18.8 Å². The van der Waals surface area contributed by atoms with Gasteiger partial charge in [0.1, 0.15) is 29.8 Å². The maximum absolute atomic E-state index is 16.2. The van der Waals surface area contributed by atoms with Gasteiger partial charge >= 0.3 is 5.97 Å². The van der Waals surface area contributed by atoms with E-state index in [0.29, 0.717) is 28.2 Å². The van der Waals surface area contributed by atoms with Crippen molar-refractivity contribution >= 4 is 28.6 Å². The van der Waals surface area contributed by atoms with Crippen LogP contribution >= 0.6 is 11.6 Å². The minimum atomic E-state index is -1.94. The zero-order chi connectivity index (χ0) is 21.9. The molecule has 5 rings (SSSR count). The van der Waals surface area contributed by atoms with E-state index in [1.54, 1.807) is 61.0 Å². The summed E-state index contributed by atoms with van der Waals surface area (Å²) in [5.41, 5.74) is -2.21. The lowest BCUT2D eigenvalue weighted by molar-refractivity contribution is -0.191. The zero-order valence-corrected chi connectivity index (χ0v) is 17.8. The number of hydrogen-bond acceptors (Lipinski definition) is 6. The van der Waals surface area contributed by atoms with E-state index in [1.165, 1.54) is 6.33 Å². The van der Waals surface area contributed by atoms with Crippen LogP contribution in [0.25, 0.3) is 11.0 Å². The first-order chi connectivity index (χ1) is 14.7. The third kappa shape index (κ3) is 3.21. The molecule has 1 aromatic carbocycles. The van der Waals surface area contributed by atoms with Gasteiger partial charge in [-0.3, -0.25) is 0 Å². The van der Waals surface area contributed by atoms with Crippen molar-refractivity contribution in [3.63, 3.8) is 0 Å². The molecule has 1 saturated carbocycles. The molecule has 2 fully saturated rings. The first-order valence-electron chi connectivity index (χ1n) is 10.0. The van der Waals surface area contributed by atoms with Gasteiger partial charge in [0.2, 0.25) is 0 Å². The van der Waals surface area contributed by atoms with Gasteiger partial charge in [0, 0.05) is 12.6 Å². The fourth-order valence-electron chi connectivity index (χ4n) is 4.60. The number of alkyl halides is 1. The van der Waals surface area contributed by atoms with Crippen LogP contribution in [-0.2, 0) is 19.9 Å². The quantitative estimate of drug-likeness (QED) is 0.441. The number of aromatic nitrogens is 3. The summed E-state index contributed by atoms with van der Waals surface area (Å²) in [6, 6.07) is 10.3. The average Bonchev–Trinajstić information content (AvgIpc) is 3.38. The summed E-state index contributed by atoms with van der Waals surface area (Å²) in [6.07, 6.45) is 2.50. The van der Waals surface area contributed by atoms with Crippen LogP contribution in [0.5, 0.6) is 0 Å². The van der Waals surface area contributed by atoms with Crippen molar-refractivity contribution in [2.75, 3.05) is 6.61 Å². The Bertz CT molecular complexity index is 1150. The number of carbonyl (C=O) groups excluding carboxylic acids is 1. The number of benzene rings is 1. The molecular formula is C22H21ClFN3O4. The highest BCUT2D eigenvalue weighted by Crippen LogP contribution is 2.56. The molecule has 0 bridgehead atoms. The molecule has 0 radical (unpaired) electrons. The Morgan fingerprint density at radius 2 is 2.03 bits per heavy atom. The van der Waals surface area contributed by atoms with E-state index in [4.69, 9.17) is 25.8 Å². The smallest absolute Gasteiger partial charge is 0.338 e. The number of fused-ring (bicyclic) bond motifs is 2. The third-order valence-corrected chi connectivity index (χ3v) is 6.20. The molecule has 9 heteroatoms. The van der Waals surface area contributed by atoms with E-state index < -0.39 is 35.9 Å². The van der Waals surface area contributed by atoms with Gasteiger partial charge in [-0.1, -0.05) is 29.8 Å². The zero-order valence-electron chi connectivity index (χ0n) is 17.0. The molecule has 0 unspecified atom stereocenters. The van der Waals surface area contributed by atoms with Gasteiger partial charge in [-0.25, -0.2) is 19.2 Å². The van der Waals surface area contributed by atoms with Crippen molar-refractivity contribution in [3.05, 3.63) is 59.6 Å². The first kappa shape index (κ1) is 20.4. The van der Waals surface area contributed by atoms with Crippen LogP contribution < -0.4 is 0 Å². The van der Waals surface area contributed by atoms with E-state index in [0.717, 1.165) is 0 Å². The fourth-order valence-corrected chi connectivity index (χ4v) is 4.79. The molecule has 0 amide bonds. The maximum Gasteiger partial charge on any atom is 0.338 e. The average molecular weight is 446 g/mol. The predicted octanol–water partition coefficient (Wildman–Crippen LogP) is 4.25. The lowest BCUT2D eigenvalue weighted by Gasteiger charge is -2.32. The van der Waals surface area contributed by atoms with Crippen molar-refractivity contribution in [1.82, 2.24) is 14.5 Å². The number of ether oxygens (including phenoxy) is 3. The number of esters is 1. The van der Waals surface area contributed by atoms with E-state index in [-0.39, 0.29) is 6.42 Å². The molecule has 1 aliphatic carbocycles. The molecule has 3 heterocycles. The van der Waals surface area contributed by atoms with E-state index in [9.17, 15) is 4.79 Å². The molecule has 0 N–H and O–H groups in total. The van der Waals surface area contributed by atoms with E-state index in [1.807, 2.05) is 0 Å². The highest BCUT2D eigenvalue weighted by atomic mass is 35.5. The monoisotopic (exact) mass is 445 g/mol. The molecule has 0 spiro atoms. The minimum Gasteiger partial charge on any atom is -0.459 e. The summed E-state index contributed by atoms with van der Waals surface area (Å²) in [4.78, 5) is 20.7. The Balaban J connectivity index is 1.48. The second-order valence-corrected chi connectivity index (χ2v) is 8.77. The summed E-state index contributed by atoms with van der Waals surface area (Å²) < 4.78 is 35.7. The topological polar surface area (TPSA) is 75.5 Å². The predicted molar refractivity (Wildman–Crippen MR) is 110 cm³/mol. The minimum absolute atomic E-state index is 0.0916. The Morgan fingerprint density at radius 3 is 2.81 bits per heavy atom. The number of nitrogens with zero attached hydrogens (tertiary/aromatic N) is 3. The number of carbonyl (C=O) groups is 1. The van der Waals surface area contributed by atoms with Gasteiger partial charge in [0.15, 0.2) is 17.2 Å². The Labute approximate surface area is 183 Å². The number of hydrogen-bond donors (Lipinski definition) is 0. The molecule has 2 aliphatic rings. The lowest BCUT2D eigenvalue weighted by atomic mass is 10.0. The van der Waals surface area contributed by atoms with Crippen LogP contribution in [0, 0.1) is 0 Å². The molecular weight excluding hydrogens is 425 g/mol. The van der Waals surface area contributed by atoms with Crippen molar-refractivity contribution in [3.8, 4) is 0 Å². The van der Waals surface area contributed by atoms with Crippen molar-refractivity contribution < 1.29 is 23.4 Å². The summed E-state index contributed by atoms with van der Waals surface area (Å²) in [5, 5.41) is 0.939. The molecule has 7 nitrogen and oxygen atoms in total. The summed E-state index contributed by atoms with van der Waals surface area (Å²) in [7, 11) is 0. The summed E-state index contributed by atoms with van der Waals surface area (Å²) in [6.45, 7) is 3.02. The molecule has 162 valence electrons. The Morgan fingerprint density at radius 1 is 1.26 bits per heavy atom. The molecule has 1 aliphatic heterocycles. The summed E-state index contributed by atoms with van der Waals surface area (Å²) >= 11 is 6.20. The van der Waals surface area contributed by atoms with Crippen LogP contribution in [0.15, 0.2) is 48.9 Å². The van der Waals surface area contributed by atoms with Gasteiger partial charge in [-0.15, -0.1) is 0 Å². The van der Waals surface area contributed by atoms with Crippen LogP contribution in [0.3, 0.4) is 0 Å². The van der Waals surface area contributed by atoms with Gasteiger partial charge in [-0.05, 0) is 38.5 Å². The van der Waals surface area contributed by atoms with Crippen LogP contribution in [0.4, 0.5) is 4.39 Å². The highest BCUT2D eigenvalue weighted by molar-refractivity contribution is 6.33. The second-order valence-electron chi connectivity index (χ2n) is 8.41. The van der Waals surface area contributed by atoms with Crippen LogP contribution in [-0.4, -0.2) is 44.7 Å². The lowest BCUT2D eigenvalue weighted by Crippen LogP contribution is -2.48. The fraction of sp³-hybridized carbons (Fsp3) is 0.409. The van der Waals surface area contributed by atoms with Gasteiger partial charge in [-0.2, -0.15) is 0 Å². The first-order valence-corrected chi connectivity index (χ1v) is 10.4. The molecule has 31 heavy (non-hydrogen) atoms. The molecule has 3 atom stereocenters. The van der Waals surface area contributed by atoms with Gasteiger partial charge in [0.25, 0.3) is 0 Å². The molecule has 3 aromatic rings. The van der Waals surface area contributed by atoms with E-state index >= 15 is 4.39 Å². The van der Waals surface area contributed by atoms with Crippen LogP contribution in [0.2, 0.25) is 5.15 Å². The summed E-state index contributed by atoms with van der Waals surface area (Å²) in [5.74, 6) is -1.63. The number of rotatable bonds is 4. The normalized spacial score (nSPS) is 29.2. The third-order valence-electron chi connectivity index (χ3n) is 5.90. The van der Waals surface area contributed by atoms with Crippen molar-refractivity contribution in [2.24, 2.45) is 0 Å². The van der Waals surface area contributed by atoms with Gasteiger partial charge in [0.05, 0.1) is 10.9 Å². The maximum atomic E-state index is 16.2. The SMILES string of the molecule is CC1(C)O[C@@H]2[C@@](F)(COC(=O)c3ccccc3)CC[C@]2(n2ccc3c(Cl)ncnc32)O1. The highest BCUT2D eigenvalue weighted by Gasteiger charge is 2.68. The standard InChI is InChI=1S/C22H21ClFN3O4/c1-20(2)30-19-21(24,12-29-18(28)14-6-4-3-5-7-14)9-10-22(19,31-20)27-11-8-15-16(23)25-13-26-17(15)27/h3-8,11,13,19H,9-10,12H2,1-2H3/t19-,21+,22+/m1/s1. The Hall–Kier alpha value is -2.55. The molecule has 1 saturated heterocycles. The number of halogens is 2. The van der Waals surface area contributed by atoms with E-state index in [2.05, 4.69) is 9.97 Å². The Kier molecular flexibility index (Phi) is 4.58. The molecule has 2 aromatic heterocycles.